The Labute approximate surface area is 87.8 Å². The predicted molar refractivity (Wildman–Crippen MR) is 54.9 cm³/mol. The normalized spacial score (nSPS) is 15.5. The average molecular weight is 207 g/mol. The lowest BCUT2D eigenvalue weighted by atomic mass is 10.2. The SMILES string of the molecule is CNC(=O)c1ccc(OC2CNC2)cn1. The molecule has 80 valence electrons. The number of hydrogen-bond donors (Lipinski definition) is 2. The largest absolute Gasteiger partial charge is 0.486 e. The number of amides is 1. The van der Waals surface area contributed by atoms with E-state index in [1.165, 1.54) is 0 Å². The third-order valence-corrected chi connectivity index (χ3v) is 2.24. The van der Waals surface area contributed by atoms with Crippen molar-refractivity contribution in [2.75, 3.05) is 20.1 Å². The second-order valence-corrected chi connectivity index (χ2v) is 3.36. The van der Waals surface area contributed by atoms with Gasteiger partial charge in [-0.1, -0.05) is 0 Å². The lowest BCUT2D eigenvalue weighted by Crippen LogP contribution is -2.50. The first-order chi connectivity index (χ1) is 7.29. The molecule has 0 radical (unpaired) electrons. The minimum Gasteiger partial charge on any atom is -0.486 e. The van der Waals surface area contributed by atoms with Crippen molar-refractivity contribution in [1.29, 1.82) is 0 Å². The summed E-state index contributed by atoms with van der Waals surface area (Å²) in [6, 6.07) is 3.41. The highest BCUT2D eigenvalue weighted by molar-refractivity contribution is 5.91. The van der Waals surface area contributed by atoms with Gasteiger partial charge in [0, 0.05) is 20.1 Å². The maximum absolute atomic E-state index is 11.2. The molecule has 1 aromatic heterocycles. The number of carbonyl (C=O) groups excluding carboxylic acids is 1. The molecular formula is C10H13N3O2. The van der Waals surface area contributed by atoms with E-state index in [0.717, 1.165) is 13.1 Å². The van der Waals surface area contributed by atoms with Crippen molar-refractivity contribution in [1.82, 2.24) is 15.6 Å². The quantitative estimate of drug-likeness (QED) is 0.720. The van der Waals surface area contributed by atoms with Gasteiger partial charge < -0.3 is 15.4 Å². The molecule has 1 aliphatic rings. The maximum atomic E-state index is 11.2. The van der Waals surface area contributed by atoms with Crippen molar-refractivity contribution in [3.05, 3.63) is 24.0 Å². The van der Waals surface area contributed by atoms with Gasteiger partial charge in [-0.25, -0.2) is 4.98 Å². The van der Waals surface area contributed by atoms with Crippen LogP contribution in [-0.4, -0.2) is 37.1 Å². The van der Waals surface area contributed by atoms with E-state index in [0.29, 0.717) is 11.4 Å². The molecule has 0 bridgehead atoms. The van der Waals surface area contributed by atoms with Crippen LogP contribution in [0, 0.1) is 0 Å². The summed E-state index contributed by atoms with van der Waals surface area (Å²) in [5.41, 5.74) is 0.400. The van der Waals surface area contributed by atoms with E-state index in [9.17, 15) is 4.79 Å². The van der Waals surface area contributed by atoms with Gasteiger partial charge in [0.15, 0.2) is 0 Å². The molecule has 2 heterocycles. The molecular weight excluding hydrogens is 194 g/mol. The Morgan fingerprint density at radius 1 is 1.60 bits per heavy atom. The number of hydrogen-bond acceptors (Lipinski definition) is 4. The molecule has 2 rings (SSSR count). The Balaban J connectivity index is 1.99. The Hall–Kier alpha value is -1.62. The van der Waals surface area contributed by atoms with Crippen molar-refractivity contribution >= 4 is 5.91 Å². The molecule has 0 unspecified atom stereocenters. The molecule has 1 saturated heterocycles. The second-order valence-electron chi connectivity index (χ2n) is 3.36. The molecule has 0 atom stereocenters. The molecule has 2 N–H and O–H groups in total. The van der Waals surface area contributed by atoms with Crippen LogP contribution in [0.25, 0.3) is 0 Å². The number of aromatic nitrogens is 1. The van der Waals surface area contributed by atoms with Crippen molar-refractivity contribution in [2.24, 2.45) is 0 Å². The Bertz CT molecular complexity index is 346. The summed E-state index contributed by atoms with van der Waals surface area (Å²) in [4.78, 5) is 15.2. The molecule has 1 amide bonds. The van der Waals surface area contributed by atoms with E-state index in [-0.39, 0.29) is 12.0 Å². The van der Waals surface area contributed by atoms with Crippen LogP contribution < -0.4 is 15.4 Å². The zero-order chi connectivity index (χ0) is 10.7. The van der Waals surface area contributed by atoms with E-state index in [1.54, 1.807) is 25.4 Å². The van der Waals surface area contributed by atoms with E-state index >= 15 is 0 Å². The van der Waals surface area contributed by atoms with Gasteiger partial charge in [-0.15, -0.1) is 0 Å². The number of rotatable bonds is 3. The Kier molecular flexibility index (Phi) is 2.82. The Morgan fingerprint density at radius 2 is 2.40 bits per heavy atom. The van der Waals surface area contributed by atoms with E-state index in [4.69, 9.17) is 4.74 Å². The fraction of sp³-hybridized carbons (Fsp3) is 0.400. The highest BCUT2D eigenvalue weighted by atomic mass is 16.5. The summed E-state index contributed by atoms with van der Waals surface area (Å²) < 4.78 is 5.56. The molecule has 0 aliphatic carbocycles. The Morgan fingerprint density at radius 3 is 2.87 bits per heavy atom. The molecule has 15 heavy (non-hydrogen) atoms. The minimum absolute atomic E-state index is 0.188. The van der Waals surface area contributed by atoms with Crippen LogP contribution >= 0.6 is 0 Å². The monoisotopic (exact) mass is 207 g/mol. The fourth-order valence-corrected chi connectivity index (χ4v) is 1.25. The highest BCUT2D eigenvalue weighted by Gasteiger charge is 2.18. The van der Waals surface area contributed by atoms with Crippen LogP contribution in [0.15, 0.2) is 18.3 Å². The zero-order valence-corrected chi connectivity index (χ0v) is 8.49. The van der Waals surface area contributed by atoms with Crippen LogP contribution in [-0.2, 0) is 0 Å². The van der Waals surface area contributed by atoms with Crippen LogP contribution in [0.4, 0.5) is 0 Å². The standard InChI is InChI=1S/C10H13N3O2/c1-11-10(14)9-3-2-7(6-13-9)15-8-4-12-5-8/h2-3,6,8,12H,4-5H2,1H3,(H,11,14). The van der Waals surface area contributed by atoms with Crippen LogP contribution in [0.2, 0.25) is 0 Å². The first-order valence-corrected chi connectivity index (χ1v) is 4.85. The summed E-state index contributed by atoms with van der Waals surface area (Å²) >= 11 is 0. The van der Waals surface area contributed by atoms with Gasteiger partial charge in [0.05, 0.1) is 6.20 Å². The molecule has 1 fully saturated rings. The summed E-state index contributed by atoms with van der Waals surface area (Å²) in [5.74, 6) is 0.515. The molecule has 0 aromatic carbocycles. The van der Waals surface area contributed by atoms with E-state index < -0.39 is 0 Å². The van der Waals surface area contributed by atoms with Gasteiger partial charge >= 0.3 is 0 Å². The third-order valence-electron chi connectivity index (χ3n) is 2.24. The first-order valence-electron chi connectivity index (χ1n) is 4.85. The van der Waals surface area contributed by atoms with Crippen LogP contribution in [0.3, 0.4) is 0 Å². The van der Waals surface area contributed by atoms with Gasteiger partial charge in [-0.05, 0) is 12.1 Å². The number of pyridine rings is 1. The molecule has 1 aliphatic heterocycles. The summed E-state index contributed by atoms with van der Waals surface area (Å²) in [6.07, 6.45) is 1.81. The lowest BCUT2D eigenvalue weighted by molar-refractivity contribution is 0.0958. The van der Waals surface area contributed by atoms with E-state index in [1.807, 2.05) is 0 Å². The topological polar surface area (TPSA) is 63.2 Å². The van der Waals surface area contributed by atoms with Crippen LogP contribution in [0.1, 0.15) is 10.5 Å². The zero-order valence-electron chi connectivity index (χ0n) is 8.49. The fourth-order valence-electron chi connectivity index (χ4n) is 1.25. The van der Waals surface area contributed by atoms with Crippen LogP contribution in [0.5, 0.6) is 5.75 Å². The van der Waals surface area contributed by atoms with Crippen molar-refractivity contribution in [3.8, 4) is 5.75 Å². The highest BCUT2D eigenvalue weighted by Crippen LogP contribution is 2.12. The lowest BCUT2D eigenvalue weighted by Gasteiger charge is -2.27. The third kappa shape index (κ3) is 2.24. The molecule has 0 saturated carbocycles. The van der Waals surface area contributed by atoms with Crippen molar-refractivity contribution < 1.29 is 9.53 Å². The summed E-state index contributed by atoms with van der Waals surface area (Å²) in [5, 5.41) is 5.62. The predicted octanol–water partition coefficient (Wildman–Crippen LogP) is -0.208. The van der Waals surface area contributed by atoms with Gasteiger partial charge in [0.2, 0.25) is 0 Å². The van der Waals surface area contributed by atoms with Gasteiger partial charge in [-0.2, -0.15) is 0 Å². The number of nitrogens with zero attached hydrogens (tertiary/aromatic N) is 1. The number of nitrogens with one attached hydrogen (secondary N) is 2. The first kappa shape index (κ1) is 9.92. The van der Waals surface area contributed by atoms with Gasteiger partial charge in [0.1, 0.15) is 17.5 Å². The smallest absolute Gasteiger partial charge is 0.269 e. The average Bonchev–Trinajstić information content (AvgIpc) is 2.23. The number of carbonyl (C=O) groups is 1. The molecule has 0 spiro atoms. The maximum Gasteiger partial charge on any atom is 0.269 e. The summed E-state index contributed by atoms with van der Waals surface area (Å²) in [6.45, 7) is 1.74. The molecule has 5 nitrogen and oxygen atoms in total. The van der Waals surface area contributed by atoms with Crippen molar-refractivity contribution in [2.45, 2.75) is 6.10 Å². The van der Waals surface area contributed by atoms with E-state index in [2.05, 4.69) is 15.6 Å². The number of ether oxygens (including phenoxy) is 1. The van der Waals surface area contributed by atoms with Gasteiger partial charge in [-0.3, -0.25) is 4.79 Å². The summed E-state index contributed by atoms with van der Waals surface area (Å²) in [7, 11) is 1.58. The molecule has 5 heteroatoms. The minimum atomic E-state index is -0.188. The molecule has 1 aromatic rings. The van der Waals surface area contributed by atoms with Crippen molar-refractivity contribution in [3.63, 3.8) is 0 Å². The van der Waals surface area contributed by atoms with Gasteiger partial charge in [0.25, 0.3) is 5.91 Å². The second kappa shape index (κ2) is 4.27.